The third-order valence-electron chi connectivity index (χ3n) is 1.75. The first-order valence-electron chi connectivity index (χ1n) is 3.81. The molecular weight excluding hydrogens is 228 g/mol. The standard InChI is InChI=1S/C7H9F2N3O2S/c1-3-4(6(8)9)2-5(10)7(12-3)15(11,13)14/h2,6H,10H2,1H3,(H2,11,13,14). The number of rotatable bonds is 2. The van der Waals surface area contributed by atoms with E-state index in [9.17, 15) is 17.2 Å². The maximum atomic E-state index is 12.4. The van der Waals surface area contributed by atoms with Crippen LogP contribution in [0.1, 0.15) is 17.7 Å². The zero-order chi connectivity index (χ0) is 11.8. The number of pyridine rings is 1. The maximum absolute atomic E-state index is 12.4. The van der Waals surface area contributed by atoms with Gasteiger partial charge in [0.1, 0.15) is 0 Å². The summed E-state index contributed by atoms with van der Waals surface area (Å²) < 4.78 is 46.6. The van der Waals surface area contributed by atoms with Gasteiger partial charge in [0.15, 0.2) is 5.03 Å². The van der Waals surface area contributed by atoms with E-state index in [1.54, 1.807) is 0 Å². The summed E-state index contributed by atoms with van der Waals surface area (Å²) in [4.78, 5) is 3.45. The van der Waals surface area contributed by atoms with Crippen LogP contribution in [0.2, 0.25) is 0 Å². The highest BCUT2D eigenvalue weighted by Gasteiger charge is 2.20. The van der Waals surface area contributed by atoms with Crippen molar-refractivity contribution in [3.05, 3.63) is 17.3 Å². The Balaban J connectivity index is 3.46. The van der Waals surface area contributed by atoms with Gasteiger partial charge in [-0.15, -0.1) is 0 Å². The second-order valence-electron chi connectivity index (χ2n) is 2.90. The highest BCUT2D eigenvalue weighted by atomic mass is 32.2. The number of aryl methyl sites for hydroxylation is 1. The Bertz CT molecular complexity index is 487. The summed E-state index contributed by atoms with van der Waals surface area (Å²) in [7, 11) is -4.08. The number of nitrogen functional groups attached to an aromatic ring is 1. The molecule has 0 saturated carbocycles. The summed E-state index contributed by atoms with van der Waals surface area (Å²) in [6.45, 7) is 1.26. The fraction of sp³-hybridized carbons (Fsp3) is 0.286. The van der Waals surface area contributed by atoms with Crippen molar-refractivity contribution >= 4 is 15.7 Å². The Morgan fingerprint density at radius 1 is 1.47 bits per heavy atom. The Morgan fingerprint density at radius 2 is 2.00 bits per heavy atom. The minimum absolute atomic E-state index is 0.108. The van der Waals surface area contributed by atoms with Gasteiger partial charge in [0.05, 0.1) is 5.69 Å². The molecule has 0 aliphatic carbocycles. The molecule has 1 rings (SSSR count). The molecule has 0 aromatic carbocycles. The van der Waals surface area contributed by atoms with Gasteiger partial charge in [0.25, 0.3) is 16.4 Å². The molecule has 0 atom stereocenters. The first kappa shape index (κ1) is 11.8. The second kappa shape index (κ2) is 3.70. The molecule has 0 unspecified atom stereocenters. The van der Waals surface area contributed by atoms with Gasteiger partial charge in [-0.25, -0.2) is 27.3 Å². The van der Waals surface area contributed by atoms with Gasteiger partial charge in [0.2, 0.25) is 0 Å². The van der Waals surface area contributed by atoms with E-state index in [1.165, 1.54) is 6.92 Å². The first-order valence-corrected chi connectivity index (χ1v) is 5.36. The van der Waals surface area contributed by atoms with Crippen molar-refractivity contribution in [1.82, 2.24) is 4.98 Å². The number of hydrogen-bond acceptors (Lipinski definition) is 4. The molecule has 0 radical (unpaired) electrons. The quantitative estimate of drug-likeness (QED) is 0.784. The van der Waals surface area contributed by atoms with Crippen LogP contribution in [0, 0.1) is 6.92 Å². The Morgan fingerprint density at radius 3 is 2.40 bits per heavy atom. The molecule has 0 bridgehead atoms. The van der Waals surface area contributed by atoms with Crippen molar-refractivity contribution in [1.29, 1.82) is 0 Å². The molecule has 1 aromatic rings. The molecule has 0 spiro atoms. The summed E-state index contributed by atoms with van der Waals surface area (Å²) in [5.41, 5.74) is 4.37. The number of anilines is 1. The van der Waals surface area contributed by atoms with Crippen molar-refractivity contribution in [2.75, 3.05) is 5.73 Å². The summed E-state index contributed by atoms with van der Waals surface area (Å²) in [5, 5.41) is 4.22. The average Bonchev–Trinajstić information content (AvgIpc) is 2.06. The van der Waals surface area contributed by atoms with Crippen LogP contribution in [-0.2, 0) is 10.0 Å². The van der Waals surface area contributed by atoms with Gasteiger partial charge >= 0.3 is 0 Å². The molecule has 5 nitrogen and oxygen atoms in total. The molecule has 0 fully saturated rings. The number of alkyl halides is 2. The largest absolute Gasteiger partial charge is 0.396 e. The molecular formula is C7H9F2N3O2S. The van der Waals surface area contributed by atoms with E-state index < -0.39 is 27.0 Å². The number of nitrogens with two attached hydrogens (primary N) is 2. The predicted octanol–water partition coefficient (Wildman–Crippen LogP) is 0.557. The molecule has 4 N–H and O–H groups in total. The van der Waals surface area contributed by atoms with Gasteiger partial charge in [-0.2, -0.15) is 0 Å². The van der Waals surface area contributed by atoms with Gasteiger partial charge in [-0.1, -0.05) is 0 Å². The normalized spacial score (nSPS) is 12.1. The van der Waals surface area contributed by atoms with Crippen LogP contribution < -0.4 is 10.9 Å². The molecule has 0 saturated heterocycles. The lowest BCUT2D eigenvalue weighted by Gasteiger charge is -2.08. The van der Waals surface area contributed by atoms with E-state index in [0.717, 1.165) is 6.07 Å². The second-order valence-corrected chi connectivity index (χ2v) is 4.38. The molecule has 15 heavy (non-hydrogen) atoms. The van der Waals surface area contributed by atoms with E-state index in [-0.39, 0.29) is 11.4 Å². The highest BCUT2D eigenvalue weighted by Crippen LogP contribution is 2.26. The molecule has 0 aliphatic heterocycles. The molecule has 1 heterocycles. The van der Waals surface area contributed by atoms with E-state index >= 15 is 0 Å². The Kier molecular flexibility index (Phi) is 2.91. The average molecular weight is 237 g/mol. The number of primary sulfonamides is 1. The number of sulfonamides is 1. The number of aromatic nitrogens is 1. The van der Waals surface area contributed by atoms with Crippen LogP contribution in [0.15, 0.2) is 11.1 Å². The summed E-state index contributed by atoms with van der Waals surface area (Å²) in [6, 6.07) is 0.868. The monoisotopic (exact) mass is 237 g/mol. The fourth-order valence-corrected chi connectivity index (χ4v) is 1.72. The zero-order valence-electron chi connectivity index (χ0n) is 7.74. The van der Waals surface area contributed by atoms with E-state index in [0.29, 0.717) is 0 Å². The predicted molar refractivity (Wildman–Crippen MR) is 49.7 cm³/mol. The molecule has 1 aromatic heterocycles. The molecule has 8 heteroatoms. The summed E-state index contributed by atoms with van der Waals surface area (Å²) >= 11 is 0. The minimum Gasteiger partial charge on any atom is -0.396 e. The molecule has 84 valence electrons. The minimum atomic E-state index is -4.08. The smallest absolute Gasteiger partial charge is 0.265 e. The van der Waals surface area contributed by atoms with Crippen LogP contribution in [-0.4, -0.2) is 13.4 Å². The highest BCUT2D eigenvalue weighted by molar-refractivity contribution is 7.89. The van der Waals surface area contributed by atoms with Crippen molar-refractivity contribution in [2.24, 2.45) is 5.14 Å². The Hall–Kier alpha value is -1.28. The lowest BCUT2D eigenvalue weighted by molar-refractivity contribution is 0.150. The Labute approximate surface area is 85.2 Å². The summed E-state index contributed by atoms with van der Waals surface area (Å²) in [6.07, 6.45) is -2.76. The molecule has 0 aliphatic rings. The van der Waals surface area contributed by atoms with Crippen LogP contribution in [0.5, 0.6) is 0 Å². The van der Waals surface area contributed by atoms with Crippen molar-refractivity contribution in [2.45, 2.75) is 18.4 Å². The lowest BCUT2D eigenvalue weighted by Crippen LogP contribution is -2.17. The van der Waals surface area contributed by atoms with E-state index in [4.69, 9.17) is 10.9 Å². The first-order chi connectivity index (χ1) is 6.73. The van der Waals surface area contributed by atoms with Crippen molar-refractivity contribution in [3.8, 4) is 0 Å². The van der Waals surface area contributed by atoms with E-state index in [2.05, 4.69) is 4.98 Å². The third-order valence-corrected chi connectivity index (χ3v) is 2.62. The number of nitrogens with zero attached hydrogens (tertiary/aromatic N) is 1. The zero-order valence-corrected chi connectivity index (χ0v) is 8.55. The van der Waals surface area contributed by atoms with Crippen LogP contribution in [0.3, 0.4) is 0 Å². The van der Waals surface area contributed by atoms with Crippen LogP contribution in [0.25, 0.3) is 0 Å². The third kappa shape index (κ3) is 2.39. The van der Waals surface area contributed by atoms with Gasteiger partial charge in [-0.05, 0) is 13.0 Å². The van der Waals surface area contributed by atoms with Gasteiger partial charge in [0, 0.05) is 11.3 Å². The number of halogens is 2. The topological polar surface area (TPSA) is 99.1 Å². The fourth-order valence-electron chi connectivity index (χ4n) is 1.06. The SMILES string of the molecule is Cc1nc(S(N)(=O)=O)c(N)cc1C(F)F. The van der Waals surface area contributed by atoms with Crippen molar-refractivity contribution in [3.63, 3.8) is 0 Å². The van der Waals surface area contributed by atoms with Gasteiger partial charge < -0.3 is 5.73 Å². The maximum Gasteiger partial charge on any atom is 0.265 e. The van der Waals surface area contributed by atoms with Gasteiger partial charge in [-0.3, -0.25) is 0 Å². The lowest BCUT2D eigenvalue weighted by atomic mass is 10.2. The van der Waals surface area contributed by atoms with Crippen LogP contribution >= 0.6 is 0 Å². The summed E-state index contributed by atoms with van der Waals surface area (Å²) in [5.74, 6) is 0. The van der Waals surface area contributed by atoms with Crippen molar-refractivity contribution < 1.29 is 17.2 Å². The number of hydrogen-bond donors (Lipinski definition) is 2. The van der Waals surface area contributed by atoms with Crippen LogP contribution in [0.4, 0.5) is 14.5 Å². The van der Waals surface area contributed by atoms with E-state index in [1.807, 2.05) is 0 Å². The molecule has 0 amide bonds.